The molecule has 6 nitrogen and oxygen atoms in total. The number of thiazole rings is 1. The van der Waals surface area contributed by atoms with E-state index in [0.29, 0.717) is 5.02 Å². The first-order chi connectivity index (χ1) is 16.6. The molecule has 0 aliphatic carbocycles. The predicted octanol–water partition coefficient (Wildman–Crippen LogP) is 6.10. The summed E-state index contributed by atoms with van der Waals surface area (Å²) in [6.07, 6.45) is 7.70. The van der Waals surface area contributed by atoms with Crippen LogP contribution in [0.2, 0.25) is 5.02 Å². The Morgan fingerprint density at radius 2 is 1.88 bits per heavy atom. The van der Waals surface area contributed by atoms with Crippen molar-refractivity contribution >= 4 is 39.5 Å². The third kappa shape index (κ3) is 4.02. The summed E-state index contributed by atoms with van der Waals surface area (Å²) in [6.45, 7) is 1.01. The molecule has 0 spiro atoms. The molecule has 8 heteroatoms. The van der Waals surface area contributed by atoms with Crippen molar-refractivity contribution in [1.29, 1.82) is 0 Å². The van der Waals surface area contributed by atoms with E-state index in [1.54, 1.807) is 0 Å². The molecule has 0 fully saturated rings. The largest absolute Gasteiger partial charge is 0.334 e. The molecule has 0 bridgehead atoms. The van der Waals surface area contributed by atoms with Crippen LogP contribution in [0.3, 0.4) is 0 Å². The summed E-state index contributed by atoms with van der Waals surface area (Å²) in [6, 6.07) is 15.5. The van der Waals surface area contributed by atoms with E-state index in [4.69, 9.17) is 21.6 Å². The minimum atomic E-state index is -0.0714. The van der Waals surface area contributed by atoms with E-state index in [0.717, 1.165) is 57.6 Å². The Balaban J connectivity index is 1.23. The number of fused-ring (bicyclic) bond motifs is 2. The Morgan fingerprint density at radius 1 is 1.03 bits per heavy atom. The Morgan fingerprint density at radius 3 is 2.74 bits per heavy atom. The molecule has 0 unspecified atom stereocenters. The van der Waals surface area contributed by atoms with Crippen LogP contribution in [0.5, 0.6) is 0 Å². The highest BCUT2D eigenvalue weighted by molar-refractivity contribution is 7.15. The second kappa shape index (κ2) is 8.74. The standard InChI is InChI=1S/C26H22ClN5OS/c27-18-10-8-17(9-11-18)22-15-32-19(16-34-26(32)30-22)13-25(33)29-21-6-2-1-5-20(21)23-14-31-12-4-3-7-24(31)28-23/h1-2,5-6,8-11,14-16H,3-4,7,12-13H2,(H,29,33). The first-order valence-electron chi connectivity index (χ1n) is 11.3. The smallest absolute Gasteiger partial charge is 0.230 e. The Labute approximate surface area is 205 Å². The Kier molecular flexibility index (Phi) is 5.43. The van der Waals surface area contributed by atoms with E-state index >= 15 is 0 Å². The number of amides is 1. The lowest BCUT2D eigenvalue weighted by Crippen LogP contribution is -2.15. The molecule has 1 aliphatic rings. The van der Waals surface area contributed by atoms with Gasteiger partial charge in [-0.3, -0.25) is 9.20 Å². The lowest BCUT2D eigenvalue weighted by molar-refractivity contribution is -0.115. The van der Waals surface area contributed by atoms with Crippen molar-refractivity contribution < 1.29 is 4.79 Å². The molecule has 4 heterocycles. The van der Waals surface area contributed by atoms with Gasteiger partial charge in [0.1, 0.15) is 5.82 Å². The SMILES string of the molecule is O=C(Cc1csc2nc(-c3ccc(Cl)cc3)cn12)Nc1ccccc1-c1cn2c(n1)CCCC2. The van der Waals surface area contributed by atoms with Gasteiger partial charge in [0.2, 0.25) is 5.91 Å². The monoisotopic (exact) mass is 487 g/mol. The number of benzene rings is 2. The number of hydrogen-bond acceptors (Lipinski definition) is 4. The molecule has 1 amide bonds. The lowest BCUT2D eigenvalue weighted by Gasteiger charge is -2.11. The highest BCUT2D eigenvalue weighted by atomic mass is 35.5. The molecule has 2 aromatic carbocycles. The number of aryl methyl sites for hydroxylation is 2. The molecule has 5 aromatic rings. The summed E-state index contributed by atoms with van der Waals surface area (Å²) >= 11 is 7.54. The fourth-order valence-corrected chi connectivity index (χ4v) is 5.43. The average molecular weight is 488 g/mol. The van der Waals surface area contributed by atoms with Gasteiger partial charge in [-0.1, -0.05) is 41.9 Å². The highest BCUT2D eigenvalue weighted by Crippen LogP contribution is 2.30. The molecule has 1 N–H and O–H groups in total. The van der Waals surface area contributed by atoms with Crippen LogP contribution < -0.4 is 5.32 Å². The molecule has 1 aliphatic heterocycles. The third-order valence-electron chi connectivity index (χ3n) is 6.15. The van der Waals surface area contributed by atoms with Gasteiger partial charge in [0, 0.05) is 52.6 Å². The molecule has 0 saturated heterocycles. The molecule has 6 rings (SSSR count). The van der Waals surface area contributed by atoms with Gasteiger partial charge < -0.3 is 9.88 Å². The van der Waals surface area contributed by atoms with Crippen LogP contribution in [0.4, 0.5) is 5.69 Å². The molecular formula is C26H22ClN5OS. The molecule has 0 saturated carbocycles. The van der Waals surface area contributed by atoms with Crippen LogP contribution >= 0.6 is 22.9 Å². The van der Waals surface area contributed by atoms with Crippen molar-refractivity contribution in [3.05, 3.63) is 82.8 Å². The van der Waals surface area contributed by atoms with Gasteiger partial charge in [-0.25, -0.2) is 9.97 Å². The van der Waals surface area contributed by atoms with Crippen LogP contribution in [0.1, 0.15) is 24.4 Å². The number of aromatic nitrogens is 4. The number of anilines is 1. The van der Waals surface area contributed by atoms with E-state index in [1.807, 2.05) is 64.5 Å². The van der Waals surface area contributed by atoms with Gasteiger partial charge in [0.25, 0.3) is 0 Å². The van der Waals surface area contributed by atoms with Crippen molar-refractivity contribution in [1.82, 2.24) is 18.9 Å². The zero-order chi connectivity index (χ0) is 23.1. The van der Waals surface area contributed by atoms with Gasteiger partial charge >= 0.3 is 0 Å². The van der Waals surface area contributed by atoms with Gasteiger partial charge in [0.05, 0.1) is 23.5 Å². The topological polar surface area (TPSA) is 64.2 Å². The van der Waals surface area contributed by atoms with Crippen molar-refractivity contribution in [2.45, 2.75) is 32.2 Å². The van der Waals surface area contributed by atoms with Gasteiger partial charge in [0.15, 0.2) is 4.96 Å². The average Bonchev–Trinajstić information content (AvgIpc) is 3.55. The number of halogens is 1. The van der Waals surface area contributed by atoms with Crippen LogP contribution in [0.15, 0.2) is 66.3 Å². The number of rotatable bonds is 5. The normalized spacial score (nSPS) is 13.2. The molecule has 3 aromatic heterocycles. The van der Waals surface area contributed by atoms with E-state index in [-0.39, 0.29) is 12.3 Å². The van der Waals surface area contributed by atoms with Gasteiger partial charge in [-0.05, 0) is 31.0 Å². The maximum absolute atomic E-state index is 13.0. The molecule has 0 radical (unpaired) electrons. The maximum atomic E-state index is 13.0. The van der Waals surface area contributed by atoms with Crippen LogP contribution in [-0.4, -0.2) is 24.8 Å². The van der Waals surface area contributed by atoms with Crippen molar-refractivity contribution in [3.63, 3.8) is 0 Å². The highest BCUT2D eigenvalue weighted by Gasteiger charge is 2.17. The first kappa shape index (κ1) is 21.1. The summed E-state index contributed by atoms with van der Waals surface area (Å²) in [5.41, 5.74) is 5.39. The third-order valence-corrected chi connectivity index (χ3v) is 7.29. The summed E-state index contributed by atoms with van der Waals surface area (Å²) in [4.78, 5) is 23.4. The predicted molar refractivity (Wildman–Crippen MR) is 136 cm³/mol. The fourth-order valence-electron chi connectivity index (χ4n) is 4.43. The number of nitrogens with one attached hydrogen (secondary N) is 1. The van der Waals surface area contributed by atoms with E-state index in [9.17, 15) is 4.79 Å². The second-order valence-electron chi connectivity index (χ2n) is 8.48. The molecular weight excluding hydrogens is 466 g/mol. The van der Waals surface area contributed by atoms with Crippen molar-refractivity contribution in [3.8, 4) is 22.5 Å². The number of imidazole rings is 2. The first-order valence-corrected chi connectivity index (χ1v) is 12.6. The molecule has 170 valence electrons. The van der Waals surface area contributed by atoms with Crippen LogP contribution in [0.25, 0.3) is 27.5 Å². The minimum Gasteiger partial charge on any atom is -0.334 e. The second-order valence-corrected chi connectivity index (χ2v) is 9.75. The number of carbonyl (C=O) groups is 1. The number of carbonyl (C=O) groups excluding carboxylic acids is 1. The Hall–Kier alpha value is -3.42. The maximum Gasteiger partial charge on any atom is 0.230 e. The van der Waals surface area contributed by atoms with E-state index in [1.165, 1.54) is 24.2 Å². The number of para-hydroxylation sites is 1. The molecule has 0 atom stereocenters. The summed E-state index contributed by atoms with van der Waals surface area (Å²) in [5.74, 6) is 1.05. The fraction of sp³-hybridized carbons (Fsp3) is 0.192. The molecule has 34 heavy (non-hydrogen) atoms. The Bertz CT molecular complexity index is 1470. The van der Waals surface area contributed by atoms with E-state index in [2.05, 4.69) is 16.1 Å². The summed E-state index contributed by atoms with van der Waals surface area (Å²) in [7, 11) is 0. The van der Waals surface area contributed by atoms with Gasteiger partial charge in [-0.2, -0.15) is 0 Å². The number of nitrogens with zero attached hydrogens (tertiary/aromatic N) is 4. The van der Waals surface area contributed by atoms with Gasteiger partial charge in [-0.15, -0.1) is 11.3 Å². The van der Waals surface area contributed by atoms with Crippen molar-refractivity contribution in [2.24, 2.45) is 0 Å². The lowest BCUT2D eigenvalue weighted by atomic mass is 10.1. The zero-order valence-electron chi connectivity index (χ0n) is 18.4. The van der Waals surface area contributed by atoms with Crippen LogP contribution in [0, 0.1) is 0 Å². The quantitative estimate of drug-likeness (QED) is 0.326. The zero-order valence-corrected chi connectivity index (χ0v) is 19.9. The van der Waals surface area contributed by atoms with E-state index < -0.39 is 0 Å². The summed E-state index contributed by atoms with van der Waals surface area (Å²) in [5, 5.41) is 5.79. The number of hydrogen-bond donors (Lipinski definition) is 1. The minimum absolute atomic E-state index is 0.0714. The van der Waals surface area contributed by atoms with Crippen molar-refractivity contribution in [2.75, 3.05) is 5.32 Å². The van der Waals surface area contributed by atoms with Crippen LogP contribution in [-0.2, 0) is 24.2 Å². The summed E-state index contributed by atoms with van der Waals surface area (Å²) < 4.78 is 4.22.